The third-order valence-electron chi connectivity index (χ3n) is 2.78. The van der Waals surface area contributed by atoms with Crippen molar-refractivity contribution in [1.29, 1.82) is 5.26 Å². The van der Waals surface area contributed by atoms with Crippen molar-refractivity contribution in [3.63, 3.8) is 0 Å². The summed E-state index contributed by atoms with van der Waals surface area (Å²) < 4.78 is 60.5. The van der Waals surface area contributed by atoms with Gasteiger partial charge in [-0.25, -0.2) is 8.42 Å². The zero-order chi connectivity index (χ0) is 16.3. The fourth-order valence-corrected chi connectivity index (χ4v) is 2.50. The summed E-state index contributed by atoms with van der Waals surface area (Å²) in [6.45, 7) is 1.68. The van der Waals surface area contributed by atoms with Crippen molar-refractivity contribution in [1.82, 2.24) is 0 Å². The molecule has 0 heterocycles. The van der Waals surface area contributed by atoms with Crippen LogP contribution in [0.5, 0.6) is 0 Å². The lowest BCUT2D eigenvalue weighted by Crippen LogP contribution is -2.20. The molecule has 0 fully saturated rings. The molecule has 1 aromatic rings. The number of nitriles is 1. The molecular formula is C13H15F3N2O2S. The second-order valence-electron chi connectivity index (χ2n) is 4.83. The van der Waals surface area contributed by atoms with Crippen molar-refractivity contribution in [2.75, 3.05) is 17.3 Å². The van der Waals surface area contributed by atoms with Crippen molar-refractivity contribution in [2.24, 2.45) is 0 Å². The predicted octanol–water partition coefficient (Wildman–Crippen LogP) is 2.81. The maximum atomic E-state index is 12.8. The summed E-state index contributed by atoms with van der Waals surface area (Å²) in [5, 5.41) is 11.5. The molecule has 116 valence electrons. The van der Waals surface area contributed by atoms with Crippen LogP contribution in [0.3, 0.4) is 0 Å². The van der Waals surface area contributed by atoms with Crippen molar-refractivity contribution in [3.8, 4) is 6.07 Å². The van der Waals surface area contributed by atoms with Gasteiger partial charge in [0, 0.05) is 18.0 Å². The molecule has 0 spiro atoms. The number of halogens is 3. The Balaban J connectivity index is 2.88. The summed E-state index contributed by atoms with van der Waals surface area (Å²) in [5.41, 5.74) is -1.26. The molecule has 1 aromatic carbocycles. The van der Waals surface area contributed by atoms with E-state index in [9.17, 15) is 21.6 Å². The number of hydrogen-bond donors (Lipinski definition) is 1. The van der Waals surface area contributed by atoms with Crippen LogP contribution in [0.2, 0.25) is 0 Å². The largest absolute Gasteiger partial charge is 0.417 e. The highest BCUT2D eigenvalue weighted by Gasteiger charge is 2.33. The molecule has 0 saturated heterocycles. The molecule has 4 nitrogen and oxygen atoms in total. The van der Waals surface area contributed by atoms with Gasteiger partial charge in [-0.15, -0.1) is 0 Å². The minimum Gasteiger partial charge on any atom is -0.383 e. The van der Waals surface area contributed by atoms with E-state index >= 15 is 0 Å². The van der Waals surface area contributed by atoms with Crippen LogP contribution in [0.15, 0.2) is 18.2 Å². The van der Waals surface area contributed by atoms with E-state index in [1.165, 1.54) is 12.1 Å². The van der Waals surface area contributed by atoms with Gasteiger partial charge >= 0.3 is 6.18 Å². The van der Waals surface area contributed by atoms with Gasteiger partial charge in [-0.05, 0) is 31.5 Å². The van der Waals surface area contributed by atoms with Gasteiger partial charge in [-0.1, -0.05) is 0 Å². The number of nitrogens with zero attached hydrogens (tertiary/aromatic N) is 1. The van der Waals surface area contributed by atoms with E-state index in [0.29, 0.717) is 0 Å². The maximum absolute atomic E-state index is 12.8. The number of anilines is 1. The molecular weight excluding hydrogens is 305 g/mol. The second-order valence-corrected chi connectivity index (χ2v) is 7.09. The summed E-state index contributed by atoms with van der Waals surface area (Å²) in [5.74, 6) is -0.0520. The molecule has 0 bridgehead atoms. The number of benzene rings is 1. The topological polar surface area (TPSA) is 70.0 Å². The van der Waals surface area contributed by atoms with E-state index in [1.807, 2.05) is 0 Å². The Kier molecular flexibility index (Phi) is 5.23. The smallest absolute Gasteiger partial charge is 0.383 e. The maximum Gasteiger partial charge on any atom is 0.417 e. The van der Waals surface area contributed by atoms with Crippen molar-refractivity contribution in [3.05, 3.63) is 29.3 Å². The van der Waals surface area contributed by atoms with E-state index in [1.54, 1.807) is 6.92 Å². The van der Waals surface area contributed by atoms with Crippen molar-refractivity contribution in [2.45, 2.75) is 25.6 Å². The Morgan fingerprint density at radius 2 is 2.00 bits per heavy atom. The Labute approximate surface area is 121 Å². The second kappa shape index (κ2) is 6.35. The van der Waals surface area contributed by atoms with Crippen LogP contribution in [0.4, 0.5) is 18.9 Å². The Morgan fingerprint density at radius 3 is 2.48 bits per heavy atom. The number of alkyl halides is 3. The highest BCUT2D eigenvalue weighted by atomic mass is 32.2. The predicted molar refractivity (Wildman–Crippen MR) is 73.6 cm³/mol. The lowest BCUT2D eigenvalue weighted by atomic mass is 10.1. The zero-order valence-corrected chi connectivity index (χ0v) is 12.3. The van der Waals surface area contributed by atoms with Gasteiger partial charge in [0.15, 0.2) is 0 Å². The normalized spacial score (nSPS) is 13.5. The van der Waals surface area contributed by atoms with Gasteiger partial charge in [0.05, 0.1) is 22.9 Å². The molecule has 0 amide bonds. The highest BCUT2D eigenvalue weighted by Crippen LogP contribution is 2.33. The third-order valence-corrected chi connectivity index (χ3v) is 3.76. The van der Waals surface area contributed by atoms with Gasteiger partial charge in [-0.2, -0.15) is 18.4 Å². The molecule has 0 radical (unpaired) electrons. The van der Waals surface area contributed by atoms with Crippen LogP contribution in [0, 0.1) is 11.3 Å². The average Bonchev–Trinajstić information content (AvgIpc) is 2.34. The third kappa shape index (κ3) is 5.63. The van der Waals surface area contributed by atoms with Crippen LogP contribution >= 0.6 is 0 Å². The fraction of sp³-hybridized carbons (Fsp3) is 0.462. The van der Waals surface area contributed by atoms with Gasteiger partial charge in [0.2, 0.25) is 0 Å². The zero-order valence-electron chi connectivity index (χ0n) is 11.5. The first kappa shape index (κ1) is 17.3. The average molecular weight is 320 g/mol. The molecule has 1 rings (SSSR count). The summed E-state index contributed by atoms with van der Waals surface area (Å²) >= 11 is 0. The van der Waals surface area contributed by atoms with E-state index < -0.39 is 27.1 Å². The van der Waals surface area contributed by atoms with E-state index in [-0.39, 0.29) is 23.9 Å². The monoisotopic (exact) mass is 320 g/mol. The molecule has 0 aliphatic rings. The number of nitrogens with one attached hydrogen (secondary N) is 1. The Hall–Kier alpha value is -1.75. The molecule has 0 aromatic heterocycles. The van der Waals surface area contributed by atoms with E-state index in [0.717, 1.165) is 18.4 Å². The van der Waals surface area contributed by atoms with Crippen molar-refractivity contribution >= 4 is 15.5 Å². The Morgan fingerprint density at radius 1 is 1.38 bits per heavy atom. The van der Waals surface area contributed by atoms with Crippen LogP contribution in [0.25, 0.3) is 0 Å². The van der Waals surface area contributed by atoms with Gasteiger partial charge < -0.3 is 5.32 Å². The van der Waals surface area contributed by atoms with Crippen LogP contribution < -0.4 is 5.32 Å². The van der Waals surface area contributed by atoms with Crippen LogP contribution in [-0.2, 0) is 16.0 Å². The number of rotatable bonds is 5. The SMILES string of the molecule is CC(CCS(C)(=O)=O)Nc1ccc(C#N)c(C(F)(F)F)c1. The van der Waals surface area contributed by atoms with E-state index in [2.05, 4.69) is 5.32 Å². The highest BCUT2D eigenvalue weighted by molar-refractivity contribution is 7.90. The molecule has 0 saturated carbocycles. The molecule has 0 aliphatic heterocycles. The first-order valence-corrected chi connectivity index (χ1v) is 8.14. The summed E-state index contributed by atoms with van der Waals surface area (Å²) in [7, 11) is -3.12. The van der Waals surface area contributed by atoms with Gasteiger partial charge in [0.1, 0.15) is 9.84 Å². The molecule has 1 atom stereocenters. The summed E-state index contributed by atoms with van der Waals surface area (Å²) in [6, 6.07) is 4.50. The van der Waals surface area contributed by atoms with E-state index in [4.69, 9.17) is 5.26 Å². The Bertz CT molecular complexity index is 648. The van der Waals surface area contributed by atoms with Crippen LogP contribution in [0.1, 0.15) is 24.5 Å². The van der Waals surface area contributed by atoms with Crippen molar-refractivity contribution < 1.29 is 21.6 Å². The lowest BCUT2D eigenvalue weighted by molar-refractivity contribution is -0.137. The quantitative estimate of drug-likeness (QED) is 0.905. The summed E-state index contributed by atoms with van der Waals surface area (Å²) in [4.78, 5) is 0. The molecule has 0 aliphatic carbocycles. The number of sulfone groups is 1. The number of hydrogen-bond acceptors (Lipinski definition) is 4. The first-order chi connectivity index (χ1) is 9.53. The first-order valence-electron chi connectivity index (χ1n) is 6.08. The van der Waals surface area contributed by atoms with Gasteiger partial charge in [-0.3, -0.25) is 0 Å². The molecule has 1 unspecified atom stereocenters. The standard InChI is InChI=1S/C13H15F3N2O2S/c1-9(5-6-21(2,19)20)18-11-4-3-10(8-17)12(7-11)13(14,15)16/h3-4,7,9,18H,5-6H2,1-2H3. The minimum atomic E-state index is -4.61. The van der Waals surface area contributed by atoms with Crippen LogP contribution in [-0.4, -0.2) is 26.5 Å². The molecule has 8 heteroatoms. The van der Waals surface area contributed by atoms with Gasteiger partial charge in [0.25, 0.3) is 0 Å². The lowest BCUT2D eigenvalue weighted by Gasteiger charge is -2.17. The molecule has 1 N–H and O–H groups in total. The minimum absolute atomic E-state index is 0.0520. The molecule has 21 heavy (non-hydrogen) atoms. The fourth-order valence-electron chi connectivity index (χ4n) is 1.71. The summed E-state index contributed by atoms with van der Waals surface area (Å²) in [6.07, 6.45) is -3.23.